The lowest BCUT2D eigenvalue weighted by molar-refractivity contribution is -0.140. The molecule has 0 saturated carbocycles. The molecule has 0 aromatic heterocycles. The van der Waals surface area contributed by atoms with Gasteiger partial charge in [-0.05, 0) is 24.1 Å². The zero-order chi connectivity index (χ0) is 16.2. The molecule has 0 spiro atoms. The van der Waals surface area contributed by atoms with Crippen LogP contribution in [0.5, 0.6) is 0 Å². The van der Waals surface area contributed by atoms with E-state index >= 15 is 0 Å². The lowest BCUT2D eigenvalue weighted by Crippen LogP contribution is -2.55. The Morgan fingerprint density at radius 1 is 1.36 bits per heavy atom. The standard InChI is InChI=1S/C14H20N2O5S/c1-20-13-9-16(10-13)22(18,19)15-12-5-3-4-11(8-12)6-7-14(17)21-2/h3-5,8,13,15H,6-7,9-10H2,1-2H3. The molecule has 1 aromatic carbocycles. The third-order valence-corrected chi connectivity index (χ3v) is 4.98. The molecule has 1 aromatic rings. The number of methoxy groups -OCH3 is 2. The van der Waals surface area contributed by atoms with Crippen molar-refractivity contribution >= 4 is 21.9 Å². The Labute approximate surface area is 130 Å². The maximum Gasteiger partial charge on any atom is 0.305 e. The van der Waals surface area contributed by atoms with Gasteiger partial charge >= 0.3 is 16.2 Å². The summed E-state index contributed by atoms with van der Waals surface area (Å²) >= 11 is 0. The van der Waals surface area contributed by atoms with Crippen molar-refractivity contribution in [2.75, 3.05) is 32.0 Å². The molecule has 0 aliphatic carbocycles. The Bertz CT molecular complexity index is 626. The van der Waals surface area contributed by atoms with Gasteiger partial charge in [0.25, 0.3) is 0 Å². The van der Waals surface area contributed by atoms with Crippen molar-refractivity contribution in [1.82, 2.24) is 4.31 Å². The molecule has 0 radical (unpaired) electrons. The summed E-state index contributed by atoms with van der Waals surface area (Å²) in [6, 6.07) is 6.98. The highest BCUT2D eigenvalue weighted by Crippen LogP contribution is 2.20. The van der Waals surface area contributed by atoms with Gasteiger partial charge < -0.3 is 9.47 Å². The number of carbonyl (C=O) groups excluding carboxylic acids is 1. The number of hydrogen-bond acceptors (Lipinski definition) is 5. The minimum Gasteiger partial charge on any atom is -0.469 e. The number of nitrogens with zero attached hydrogens (tertiary/aromatic N) is 1. The summed E-state index contributed by atoms with van der Waals surface area (Å²) in [5, 5.41) is 0. The van der Waals surface area contributed by atoms with Crippen molar-refractivity contribution in [2.45, 2.75) is 18.9 Å². The molecule has 2 rings (SSSR count). The summed E-state index contributed by atoms with van der Waals surface area (Å²) in [5.41, 5.74) is 1.34. The van der Waals surface area contributed by atoms with Crippen LogP contribution in [0.15, 0.2) is 24.3 Å². The highest BCUT2D eigenvalue weighted by atomic mass is 32.2. The predicted octanol–water partition coefficient (Wildman–Crippen LogP) is 0.779. The van der Waals surface area contributed by atoms with E-state index in [9.17, 15) is 13.2 Å². The quantitative estimate of drug-likeness (QED) is 0.748. The number of anilines is 1. The second-order valence-electron chi connectivity index (χ2n) is 5.06. The smallest absolute Gasteiger partial charge is 0.305 e. The van der Waals surface area contributed by atoms with E-state index in [0.717, 1.165) is 5.56 Å². The Morgan fingerprint density at radius 2 is 2.09 bits per heavy atom. The molecule has 0 bridgehead atoms. The molecular formula is C14H20N2O5S. The first-order chi connectivity index (χ1) is 10.4. The number of carbonyl (C=O) groups is 1. The third-order valence-electron chi connectivity index (χ3n) is 3.51. The first-order valence-electron chi connectivity index (χ1n) is 6.91. The Balaban J connectivity index is 1.96. The molecule has 8 heteroatoms. The molecule has 1 aliphatic heterocycles. The molecular weight excluding hydrogens is 308 g/mol. The van der Waals surface area contributed by atoms with Gasteiger partial charge in [0.15, 0.2) is 0 Å². The molecule has 1 saturated heterocycles. The second-order valence-corrected chi connectivity index (χ2v) is 6.73. The fourth-order valence-corrected chi connectivity index (χ4v) is 3.38. The fourth-order valence-electron chi connectivity index (χ4n) is 2.10. The molecule has 22 heavy (non-hydrogen) atoms. The molecule has 1 N–H and O–H groups in total. The highest BCUT2D eigenvalue weighted by Gasteiger charge is 2.35. The van der Waals surface area contributed by atoms with Gasteiger partial charge in [-0.25, -0.2) is 0 Å². The molecule has 0 unspecified atom stereocenters. The van der Waals surface area contributed by atoms with Crippen LogP contribution in [0.1, 0.15) is 12.0 Å². The van der Waals surface area contributed by atoms with Crippen molar-refractivity contribution in [1.29, 1.82) is 0 Å². The van der Waals surface area contributed by atoms with Crippen LogP contribution < -0.4 is 4.72 Å². The SMILES string of the molecule is COC(=O)CCc1cccc(NS(=O)(=O)N2CC(OC)C2)c1. The number of esters is 1. The number of ether oxygens (including phenoxy) is 2. The van der Waals surface area contributed by atoms with Crippen molar-refractivity contribution < 1.29 is 22.7 Å². The maximum atomic E-state index is 12.2. The van der Waals surface area contributed by atoms with Gasteiger partial charge in [-0.15, -0.1) is 0 Å². The van der Waals surface area contributed by atoms with Crippen molar-refractivity contribution in [3.8, 4) is 0 Å². The van der Waals surface area contributed by atoms with E-state index in [0.29, 0.717) is 25.2 Å². The van der Waals surface area contributed by atoms with E-state index in [2.05, 4.69) is 9.46 Å². The molecule has 1 aliphatic rings. The molecule has 7 nitrogen and oxygen atoms in total. The lowest BCUT2D eigenvalue weighted by Gasteiger charge is -2.36. The van der Waals surface area contributed by atoms with E-state index in [1.165, 1.54) is 11.4 Å². The number of hydrogen-bond donors (Lipinski definition) is 1. The summed E-state index contributed by atoms with van der Waals surface area (Å²) in [6.45, 7) is 0.710. The van der Waals surface area contributed by atoms with Crippen LogP contribution in [0, 0.1) is 0 Å². The number of rotatable bonds is 7. The summed E-state index contributed by atoms with van der Waals surface area (Å²) in [7, 11) is -0.658. The van der Waals surface area contributed by atoms with Gasteiger partial charge in [0.1, 0.15) is 0 Å². The van der Waals surface area contributed by atoms with Crippen LogP contribution in [0.4, 0.5) is 5.69 Å². The van der Waals surface area contributed by atoms with Crippen molar-refractivity contribution in [3.05, 3.63) is 29.8 Å². The Morgan fingerprint density at radius 3 is 2.73 bits per heavy atom. The Hall–Kier alpha value is -1.64. The zero-order valence-electron chi connectivity index (χ0n) is 12.6. The summed E-state index contributed by atoms with van der Waals surface area (Å²) in [5.74, 6) is -0.294. The van der Waals surface area contributed by atoms with Gasteiger partial charge in [0.2, 0.25) is 0 Å². The normalized spacial score (nSPS) is 16.1. The second kappa shape index (κ2) is 7.08. The van der Waals surface area contributed by atoms with Crippen LogP contribution >= 0.6 is 0 Å². The average Bonchev–Trinajstić information content (AvgIpc) is 2.43. The van der Waals surface area contributed by atoms with Crippen LogP contribution in [0.2, 0.25) is 0 Å². The fraction of sp³-hybridized carbons (Fsp3) is 0.500. The van der Waals surface area contributed by atoms with E-state index in [1.54, 1.807) is 25.3 Å². The third kappa shape index (κ3) is 4.19. The molecule has 1 heterocycles. The molecule has 122 valence electrons. The first kappa shape index (κ1) is 16.7. The molecule has 0 amide bonds. The van der Waals surface area contributed by atoms with Crippen molar-refractivity contribution in [2.24, 2.45) is 0 Å². The summed E-state index contributed by atoms with van der Waals surface area (Å²) < 4.78 is 37.8. The number of nitrogens with one attached hydrogen (secondary N) is 1. The van der Waals surface area contributed by atoms with Gasteiger partial charge in [-0.3, -0.25) is 9.52 Å². The van der Waals surface area contributed by atoms with Gasteiger partial charge in [-0.2, -0.15) is 12.7 Å². The Kier molecular flexibility index (Phi) is 5.38. The highest BCUT2D eigenvalue weighted by molar-refractivity contribution is 7.90. The predicted molar refractivity (Wildman–Crippen MR) is 81.7 cm³/mol. The number of aryl methyl sites for hydroxylation is 1. The van der Waals surface area contributed by atoms with Gasteiger partial charge in [0.05, 0.1) is 18.9 Å². The monoisotopic (exact) mass is 328 g/mol. The largest absolute Gasteiger partial charge is 0.469 e. The minimum absolute atomic E-state index is 0.0389. The van der Waals surface area contributed by atoms with Gasteiger partial charge in [-0.1, -0.05) is 12.1 Å². The van der Waals surface area contributed by atoms with Crippen LogP contribution in [-0.2, 0) is 30.9 Å². The molecule has 0 atom stereocenters. The first-order valence-corrected chi connectivity index (χ1v) is 8.35. The van der Waals surface area contributed by atoms with E-state index in [1.807, 2.05) is 6.07 Å². The van der Waals surface area contributed by atoms with E-state index in [4.69, 9.17) is 4.74 Å². The van der Waals surface area contributed by atoms with Crippen LogP contribution in [0.3, 0.4) is 0 Å². The van der Waals surface area contributed by atoms with Gasteiger partial charge in [0, 0.05) is 26.6 Å². The summed E-state index contributed by atoms with van der Waals surface area (Å²) in [6.07, 6.45) is 0.717. The minimum atomic E-state index is -3.56. The van der Waals surface area contributed by atoms with Crippen LogP contribution in [0.25, 0.3) is 0 Å². The summed E-state index contributed by atoms with van der Waals surface area (Å²) in [4.78, 5) is 11.1. The number of benzene rings is 1. The van der Waals surface area contributed by atoms with E-state index in [-0.39, 0.29) is 18.5 Å². The molecule has 1 fully saturated rings. The van der Waals surface area contributed by atoms with Crippen molar-refractivity contribution in [3.63, 3.8) is 0 Å². The lowest BCUT2D eigenvalue weighted by atomic mass is 10.1. The zero-order valence-corrected chi connectivity index (χ0v) is 13.4. The average molecular weight is 328 g/mol. The van der Waals surface area contributed by atoms with Crippen LogP contribution in [-0.4, -0.2) is 52.1 Å². The topological polar surface area (TPSA) is 84.9 Å². The maximum absolute atomic E-state index is 12.2. The van der Waals surface area contributed by atoms with E-state index < -0.39 is 10.2 Å².